The number of amides is 1. The van der Waals surface area contributed by atoms with E-state index in [4.69, 9.17) is 19.6 Å². The predicted molar refractivity (Wildman–Crippen MR) is 172 cm³/mol. The Kier molecular flexibility index (Phi) is 10.3. The average molecular weight is 648 g/mol. The second kappa shape index (κ2) is 14.3. The summed E-state index contributed by atoms with van der Waals surface area (Å²) < 4.78 is 13.2. The zero-order valence-corrected chi connectivity index (χ0v) is 25.8. The Morgan fingerprint density at radius 2 is 1.74 bits per heavy atom. The van der Waals surface area contributed by atoms with Gasteiger partial charge in [0, 0.05) is 36.0 Å². The van der Waals surface area contributed by atoms with Crippen LogP contribution in [0.4, 0.5) is 0 Å². The molecule has 2 aliphatic rings. The molecule has 5 rings (SSSR count). The van der Waals surface area contributed by atoms with E-state index in [0.717, 1.165) is 40.4 Å². The van der Waals surface area contributed by atoms with Crippen LogP contribution in [-0.2, 0) is 9.53 Å². The first-order valence-corrected chi connectivity index (χ1v) is 15.8. The first-order valence-electron chi connectivity index (χ1n) is 15.0. The van der Waals surface area contributed by atoms with Gasteiger partial charge in [0.25, 0.3) is 5.91 Å². The molecule has 1 fully saturated rings. The quantitative estimate of drug-likeness (QED) is 0.198. The van der Waals surface area contributed by atoms with Crippen molar-refractivity contribution in [2.24, 2.45) is 4.99 Å². The van der Waals surface area contributed by atoms with E-state index in [9.17, 15) is 9.90 Å². The lowest BCUT2D eigenvalue weighted by molar-refractivity contribution is -0.130. The van der Waals surface area contributed by atoms with E-state index in [1.165, 1.54) is 0 Å². The number of benzene rings is 3. The van der Waals surface area contributed by atoms with Crippen LogP contribution in [0, 0.1) is 0 Å². The average Bonchev–Trinajstić information content (AvgIpc) is 3.42. The normalized spacial score (nSPS) is 21.3. The van der Waals surface area contributed by atoms with Crippen LogP contribution in [0.5, 0.6) is 5.75 Å². The van der Waals surface area contributed by atoms with E-state index < -0.39 is 17.2 Å². The van der Waals surface area contributed by atoms with Gasteiger partial charge in [-0.1, -0.05) is 89.8 Å². The lowest BCUT2D eigenvalue weighted by atomic mass is 9.82. The van der Waals surface area contributed by atoms with Crippen LogP contribution < -0.4 is 10.1 Å². The van der Waals surface area contributed by atoms with Gasteiger partial charge in [0.05, 0.1) is 12.2 Å². The third-order valence-electron chi connectivity index (χ3n) is 8.10. The van der Waals surface area contributed by atoms with E-state index >= 15 is 0 Å². The van der Waals surface area contributed by atoms with Gasteiger partial charge in [0.2, 0.25) is 5.90 Å². The number of carbonyl (C=O) groups excluding carboxylic acids is 1. The fourth-order valence-corrected chi connectivity index (χ4v) is 5.94. The highest BCUT2D eigenvalue weighted by Gasteiger charge is 2.53. The molecule has 3 aromatic rings. The number of nitrogens with one attached hydrogen (secondary N) is 1. The first-order chi connectivity index (χ1) is 20.9. The van der Waals surface area contributed by atoms with Gasteiger partial charge in [-0.05, 0) is 60.4 Å². The summed E-state index contributed by atoms with van der Waals surface area (Å²) in [5, 5.41) is 23.3. The van der Waals surface area contributed by atoms with E-state index in [2.05, 4.69) is 21.2 Å². The number of carbonyl (C=O) groups is 1. The van der Waals surface area contributed by atoms with Gasteiger partial charge in [0.1, 0.15) is 5.75 Å². The standard InChI is InChI=1S/C35H39BrN2O5/c36-29-16-12-27(13-17-29)31-35(22-7-11-26-9-3-1-4-10-26,33(40)37-25-34(41)20-5-2-6-21-34)38-32(43-31)28-14-18-30(19-15-28)42-24-8-23-39/h1,3-4,7,9-19,31,39,41H,2,5-6,8,20-25H2,(H,37,40)/b11-7+/t31-,35-/m1/s1. The minimum Gasteiger partial charge on any atom is -0.494 e. The van der Waals surface area contributed by atoms with Crippen LogP contribution >= 0.6 is 15.9 Å². The van der Waals surface area contributed by atoms with Gasteiger partial charge in [0.15, 0.2) is 11.6 Å². The lowest BCUT2D eigenvalue weighted by Crippen LogP contribution is -2.52. The van der Waals surface area contributed by atoms with E-state index in [1.807, 2.05) is 91.0 Å². The molecule has 1 heterocycles. The number of ether oxygens (including phenoxy) is 2. The van der Waals surface area contributed by atoms with E-state index in [-0.39, 0.29) is 19.1 Å². The molecule has 0 bridgehead atoms. The monoisotopic (exact) mass is 646 g/mol. The SMILES string of the molecule is O=C(NCC1(O)CCCCC1)[C@]1(C/C=C/c2ccccc2)N=C(c2ccc(OCCCO)cc2)O[C@@H]1c1ccc(Br)cc1. The van der Waals surface area contributed by atoms with Crippen LogP contribution in [0.15, 0.2) is 94.4 Å². The van der Waals surface area contributed by atoms with Crippen LogP contribution in [0.1, 0.15) is 67.7 Å². The maximum Gasteiger partial charge on any atom is 0.252 e. The maximum absolute atomic E-state index is 14.3. The molecular weight excluding hydrogens is 608 g/mol. The number of nitrogens with zero attached hydrogens (tertiary/aromatic N) is 1. The summed E-state index contributed by atoms with van der Waals surface area (Å²) in [4.78, 5) is 19.4. The van der Waals surface area contributed by atoms with Gasteiger partial charge in [-0.25, -0.2) is 4.99 Å². The number of rotatable bonds is 12. The fourth-order valence-electron chi connectivity index (χ4n) is 5.68. The molecule has 0 spiro atoms. The molecular formula is C35H39BrN2O5. The Morgan fingerprint density at radius 1 is 1.02 bits per heavy atom. The minimum atomic E-state index is -1.31. The summed E-state index contributed by atoms with van der Waals surface area (Å²) in [6.07, 6.45) is 8.45. The predicted octanol–water partition coefficient (Wildman–Crippen LogP) is 6.38. The zero-order valence-electron chi connectivity index (χ0n) is 24.3. The van der Waals surface area contributed by atoms with Gasteiger partial charge in [-0.3, -0.25) is 4.79 Å². The Balaban J connectivity index is 1.50. The molecule has 0 radical (unpaired) electrons. The molecule has 1 saturated carbocycles. The minimum absolute atomic E-state index is 0.0699. The lowest BCUT2D eigenvalue weighted by Gasteiger charge is -2.35. The summed E-state index contributed by atoms with van der Waals surface area (Å²) in [6, 6.07) is 25.1. The van der Waals surface area contributed by atoms with Crippen LogP contribution in [0.3, 0.4) is 0 Å². The van der Waals surface area contributed by atoms with E-state index in [0.29, 0.717) is 43.9 Å². The second-order valence-corrected chi connectivity index (χ2v) is 12.2. The van der Waals surface area contributed by atoms with Crippen molar-refractivity contribution in [1.82, 2.24) is 5.32 Å². The molecule has 8 heteroatoms. The Hall–Kier alpha value is -3.46. The van der Waals surface area contributed by atoms with Crippen molar-refractivity contribution in [3.05, 3.63) is 106 Å². The van der Waals surface area contributed by atoms with Crippen molar-refractivity contribution in [3.8, 4) is 5.75 Å². The summed E-state index contributed by atoms with van der Waals surface area (Å²) in [7, 11) is 0. The van der Waals surface area contributed by atoms with Crippen molar-refractivity contribution in [1.29, 1.82) is 0 Å². The summed E-state index contributed by atoms with van der Waals surface area (Å²) in [5.74, 6) is 0.765. The van der Waals surface area contributed by atoms with Crippen LogP contribution in [0.2, 0.25) is 0 Å². The number of halogens is 1. The Labute approximate surface area is 261 Å². The van der Waals surface area contributed by atoms with Crippen molar-refractivity contribution < 1.29 is 24.5 Å². The smallest absolute Gasteiger partial charge is 0.252 e. The highest BCUT2D eigenvalue weighted by atomic mass is 79.9. The molecule has 1 aliphatic carbocycles. The Morgan fingerprint density at radius 3 is 2.44 bits per heavy atom. The van der Waals surface area contributed by atoms with Gasteiger partial charge >= 0.3 is 0 Å². The van der Waals surface area contributed by atoms with Crippen LogP contribution in [-0.4, -0.2) is 52.9 Å². The molecule has 1 aliphatic heterocycles. The third-order valence-corrected chi connectivity index (χ3v) is 8.63. The number of aliphatic imine (C=N–C) groups is 1. The van der Waals surface area contributed by atoms with Crippen molar-refractivity contribution in [3.63, 3.8) is 0 Å². The molecule has 226 valence electrons. The number of hydrogen-bond acceptors (Lipinski definition) is 6. The molecule has 7 nitrogen and oxygen atoms in total. The summed E-state index contributed by atoms with van der Waals surface area (Å²) in [6.45, 7) is 0.663. The van der Waals surface area contributed by atoms with Crippen molar-refractivity contribution in [2.45, 2.75) is 62.2 Å². The molecule has 43 heavy (non-hydrogen) atoms. The maximum atomic E-state index is 14.3. The molecule has 1 amide bonds. The van der Waals surface area contributed by atoms with Crippen molar-refractivity contribution in [2.75, 3.05) is 19.8 Å². The molecule has 0 aromatic heterocycles. The third kappa shape index (κ3) is 7.74. The molecule has 3 N–H and O–H groups in total. The highest BCUT2D eigenvalue weighted by molar-refractivity contribution is 9.10. The fraction of sp³-hybridized carbons (Fsp3) is 0.371. The first kappa shape index (κ1) is 31.0. The largest absolute Gasteiger partial charge is 0.494 e. The van der Waals surface area contributed by atoms with Gasteiger partial charge < -0.3 is 25.0 Å². The highest BCUT2D eigenvalue weighted by Crippen LogP contribution is 2.43. The molecule has 0 unspecified atom stereocenters. The van der Waals surface area contributed by atoms with Gasteiger partial charge in [-0.2, -0.15) is 0 Å². The topological polar surface area (TPSA) is 100 Å². The Bertz CT molecular complexity index is 1400. The second-order valence-electron chi connectivity index (χ2n) is 11.3. The number of hydrogen-bond donors (Lipinski definition) is 3. The number of aliphatic hydroxyl groups is 2. The molecule has 2 atom stereocenters. The molecule has 0 saturated heterocycles. The summed E-state index contributed by atoms with van der Waals surface area (Å²) in [5.41, 5.74) is 0.347. The van der Waals surface area contributed by atoms with Crippen molar-refractivity contribution >= 4 is 33.8 Å². The molecule has 3 aromatic carbocycles. The number of aliphatic hydroxyl groups excluding tert-OH is 1. The van der Waals surface area contributed by atoms with E-state index in [1.54, 1.807) is 0 Å². The zero-order chi connectivity index (χ0) is 30.1. The summed E-state index contributed by atoms with van der Waals surface area (Å²) >= 11 is 3.52. The van der Waals surface area contributed by atoms with Gasteiger partial charge in [-0.15, -0.1) is 0 Å². The van der Waals surface area contributed by atoms with Crippen LogP contribution in [0.25, 0.3) is 6.08 Å².